The van der Waals surface area contributed by atoms with Crippen molar-refractivity contribution in [3.05, 3.63) is 35.4 Å². The number of rotatable bonds is 3. The molecule has 1 aliphatic carbocycles. The molecular weight excluding hydrogens is 256 g/mol. The fourth-order valence-electron chi connectivity index (χ4n) is 2.96. The van der Waals surface area contributed by atoms with Crippen molar-refractivity contribution in [3.8, 4) is 0 Å². The summed E-state index contributed by atoms with van der Waals surface area (Å²) in [5.74, 6) is 1.50. The van der Waals surface area contributed by atoms with Crippen molar-refractivity contribution in [2.75, 3.05) is 13.1 Å². The van der Waals surface area contributed by atoms with E-state index in [9.17, 15) is 0 Å². The van der Waals surface area contributed by atoms with Crippen molar-refractivity contribution in [2.24, 2.45) is 11.7 Å². The minimum atomic E-state index is 0. The van der Waals surface area contributed by atoms with Crippen LogP contribution in [0.3, 0.4) is 0 Å². The van der Waals surface area contributed by atoms with Gasteiger partial charge in [-0.05, 0) is 48.8 Å². The highest BCUT2D eigenvalue weighted by Gasteiger charge is 2.24. The maximum atomic E-state index is 6.07. The molecular formula is C16H25ClN2. The number of nitrogens with two attached hydrogens (primary N) is 1. The zero-order valence-electron chi connectivity index (χ0n) is 11.7. The summed E-state index contributed by atoms with van der Waals surface area (Å²) >= 11 is 0. The summed E-state index contributed by atoms with van der Waals surface area (Å²) < 4.78 is 0. The van der Waals surface area contributed by atoms with Gasteiger partial charge in [0.25, 0.3) is 0 Å². The number of benzene rings is 1. The molecule has 2 nitrogen and oxygen atoms in total. The number of halogens is 1. The molecule has 0 radical (unpaired) electrons. The number of likely N-dealkylation sites (tertiary alicyclic amines) is 1. The third kappa shape index (κ3) is 3.71. The smallest absolute Gasteiger partial charge is 0.0233 e. The van der Waals surface area contributed by atoms with Crippen molar-refractivity contribution in [1.29, 1.82) is 0 Å². The molecule has 3 heteroatoms. The summed E-state index contributed by atoms with van der Waals surface area (Å²) in [5, 5.41) is 0. The first-order valence-electron chi connectivity index (χ1n) is 7.29. The predicted octanol–water partition coefficient (Wildman–Crippen LogP) is 3.15. The Bertz CT molecular complexity index is 400. The summed E-state index contributed by atoms with van der Waals surface area (Å²) in [6.45, 7) is 5.65. The van der Waals surface area contributed by atoms with Crippen LogP contribution in [-0.2, 0) is 6.54 Å². The molecule has 1 saturated heterocycles. The molecule has 19 heavy (non-hydrogen) atoms. The molecule has 1 aliphatic heterocycles. The Morgan fingerprint density at radius 2 is 1.84 bits per heavy atom. The van der Waals surface area contributed by atoms with Crippen LogP contribution in [0.25, 0.3) is 0 Å². The van der Waals surface area contributed by atoms with Crippen LogP contribution < -0.4 is 5.73 Å². The van der Waals surface area contributed by atoms with Crippen LogP contribution in [0.15, 0.2) is 24.3 Å². The van der Waals surface area contributed by atoms with Crippen LogP contribution in [0.2, 0.25) is 0 Å². The average molecular weight is 281 g/mol. The van der Waals surface area contributed by atoms with Crippen LogP contribution >= 0.6 is 12.4 Å². The molecule has 2 unspecified atom stereocenters. The van der Waals surface area contributed by atoms with E-state index < -0.39 is 0 Å². The van der Waals surface area contributed by atoms with Gasteiger partial charge in [0.05, 0.1) is 0 Å². The van der Waals surface area contributed by atoms with E-state index >= 15 is 0 Å². The second-order valence-electron chi connectivity index (χ2n) is 6.18. The Morgan fingerprint density at radius 1 is 1.16 bits per heavy atom. The molecule has 0 spiro atoms. The largest absolute Gasteiger partial charge is 0.327 e. The van der Waals surface area contributed by atoms with Gasteiger partial charge in [0.2, 0.25) is 0 Å². The topological polar surface area (TPSA) is 29.3 Å². The highest BCUT2D eigenvalue weighted by molar-refractivity contribution is 5.85. The first-order chi connectivity index (χ1) is 8.72. The molecule has 1 aromatic rings. The van der Waals surface area contributed by atoms with Crippen molar-refractivity contribution in [1.82, 2.24) is 4.90 Å². The van der Waals surface area contributed by atoms with Crippen LogP contribution in [0.4, 0.5) is 0 Å². The van der Waals surface area contributed by atoms with E-state index in [1.165, 1.54) is 24.0 Å². The molecule has 3 rings (SSSR count). The second-order valence-corrected chi connectivity index (χ2v) is 6.18. The van der Waals surface area contributed by atoms with E-state index in [-0.39, 0.29) is 12.4 Å². The molecule has 2 aliphatic rings. The Hall–Kier alpha value is -0.570. The van der Waals surface area contributed by atoms with Gasteiger partial charge in [-0.1, -0.05) is 31.2 Å². The lowest BCUT2D eigenvalue weighted by atomic mass is 9.94. The Labute approximate surface area is 122 Å². The standard InChI is InChI=1S/C16H24N2.ClH/c1-12-10-18(9-8-16(12)17)11-13-2-4-14(5-3-13)15-6-7-15;/h2-5,12,15-16H,6-11,17H2,1H3;1H. The maximum Gasteiger partial charge on any atom is 0.0233 e. The highest BCUT2D eigenvalue weighted by atomic mass is 35.5. The van der Waals surface area contributed by atoms with Crippen molar-refractivity contribution < 1.29 is 0 Å². The summed E-state index contributed by atoms with van der Waals surface area (Å²) in [6, 6.07) is 9.68. The third-order valence-corrected chi connectivity index (χ3v) is 4.49. The lowest BCUT2D eigenvalue weighted by Gasteiger charge is -2.35. The maximum absolute atomic E-state index is 6.07. The van der Waals surface area contributed by atoms with E-state index in [2.05, 4.69) is 36.1 Å². The van der Waals surface area contributed by atoms with Gasteiger partial charge in [-0.15, -0.1) is 12.4 Å². The van der Waals surface area contributed by atoms with Gasteiger partial charge >= 0.3 is 0 Å². The van der Waals surface area contributed by atoms with Gasteiger partial charge in [0, 0.05) is 19.1 Å². The summed E-state index contributed by atoms with van der Waals surface area (Å²) in [5.41, 5.74) is 9.05. The minimum absolute atomic E-state index is 0. The normalized spacial score (nSPS) is 27.9. The SMILES string of the molecule is CC1CN(Cc2ccc(C3CC3)cc2)CCC1N.Cl. The predicted molar refractivity (Wildman–Crippen MR) is 82.7 cm³/mol. The van der Waals surface area contributed by atoms with E-state index in [0.29, 0.717) is 12.0 Å². The monoisotopic (exact) mass is 280 g/mol. The lowest BCUT2D eigenvalue weighted by Crippen LogP contribution is -2.45. The van der Waals surface area contributed by atoms with Crippen molar-refractivity contribution in [2.45, 2.75) is 44.7 Å². The number of hydrogen-bond donors (Lipinski definition) is 1. The summed E-state index contributed by atoms with van der Waals surface area (Å²) in [4.78, 5) is 2.54. The molecule has 0 bridgehead atoms. The van der Waals surface area contributed by atoms with Gasteiger partial charge in [0.1, 0.15) is 0 Å². The average Bonchev–Trinajstić information content (AvgIpc) is 3.19. The molecule has 2 fully saturated rings. The Morgan fingerprint density at radius 3 is 2.42 bits per heavy atom. The van der Waals surface area contributed by atoms with Gasteiger partial charge in [0.15, 0.2) is 0 Å². The molecule has 2 N–H and O–H groups in total. The number of piperidine rings is 1. The van der Waals surface area contributed by atoms with E-state index in [4.69, 9.17) is 5.73 Å². The molecule has 0 amide bonds. The first kappa shape index (κ1) is 14.8. The fourth-order valence-corrected chi connectivity index (χ4v) is 2.96. The van der Waals surface area contributed by atoms with E-state index in [0.717, 1.165) is 32.0 Å². The minimum Gasteiger partial charge on any atom is -0.327 e. The zero-order valence-corrected chi connectivity index (χ0v) is 12.5. The molecule has 106 valence electrons. The summed E-state index contributed by atoms with van der Waals surface area (Å²) in [7, 11) is 0. The van der Waals surface area contributed by atoms with Gasteiger partial charge in [-0.2, -0.15) is 0 Å². The Kier molecular flexibility index (Phi) is 4.88. The van der Waals surface area contributed by atoms with Crippen LogP contribution in [-0.4, -0.2) is 24.0 Å². The number of hydrogen-bond acceptors (Lipinski definition) is 2. The van der Waals surface area contributed by atoms with E-state index in [1.807, 2.05) is 0 Å². The summed E-state index contributed by atoms with van der Waals surface area (Å²) in [6.07, 6.45) is 3.92. The van der Waals surface area contributed by atoms with Gasteiger partial charge in [-0.3, -0.25) is 4.90 Å². The van der Waals surface area contributed by atoms with Crippen LogP contribution in [0.5, 0.6) is 0 Å². The third-order valence-electron chi connectivity index (χ3n) is 4.49. The molecule has 0 aromatic heterocycles. The first-order valence-corrected chi connectivity index (χ1v) is 7.29. The molecule has 1 aromatic carbocycles. The van der Waals surface area contributed by atoms with Crippen molar-refractivity contribution in [3.63, 3.8) is 0 Å². The molecule has 1 heterocycles. The Balaban J connectivity index is 0.00000133. The van der Waals surface area contributed by atoms with E-state index in [1.54, 1.807) is 0 Å². The van der Waals surface area contributed by atoms with Gasteiger partial charge in [-0.25, -0.2) is 0 Å². The highest BCUT2D eigenvalue weighted by Crippen LogP contribution is 2.39. The zero-order chi connectivity index (χ0) is 12.5. The van der Waals surface area contributed by atoms with Gasteiger partial charge < -0.3 is 5.73 Å². The number of nitrogens with zero attached hydrogens (tertiary/aromatic N) is 1. The van der Waals surface area contributed by atoms with Crippen LogP contribution in [0, 0.1) is 5.92 Å². The molecule has 1 saturated carbocycles. The fraction of sp³-hybridized carbons (Fsp3) is 0.625. The van der Waals surface area contributed by atoms with Crippen LogP contribution in [0.1, 0.15) is 43.2 Å². The van der Waals surface area contributed by atoms with Crippen molar-refractivity contribution >= 4 is 12.4 Å². The second kappa shape index (κ2) is 6.25. The molecule has 2 atom stereocenters. The lowest BCUT2D eigenvalue weighted by molar-refractivity contribution is 0.158. The quantitative estimate of drug-likeness (QED) is 0.922.